The zero-order valence-corrected chi connectivity index (χ0v) is 12.3. The number of nitrogens with zero attached hydrogens (tertiary/aromatic N) is 1. The lowest BCUT2D eigenvalue weighted by Crippen LogP contribution is -2.27. The molecule has 2 amide bonds. The van der Waals surface area contributed by atoms with Gasteiger partial charge in [-0.1, -0.05) is 42.5 Å². The summed E-state index contributed by atoms with van der Waals surface area (Å²) in [7, 11) is 0. The number of halogens is 1. The summed E-state index contributed by atoms with van der Waals surface area (Å²) in [5.41, 5.74) is 1.45. The molecule has 110 valence electrons. The summed E-state index contributed by atoms with van der Waals surface area (Å²) in [5, 5.41) is -0.309. The lowest BCUT2D eigenvalue weighted by Gasteiger charge is -2.12. The zero-order chi connectivity index (χ0) is 15.5. The molecular weight excluding hydrogens is 301 g/mol. The van der Waals surface area contributed by atoms with Crippen LogP contribution < -0.4 is 0 Å². The lowest BCUT2D eigenvalue weighted by molar-refractivity contribution is -0.123. The average molecular weight is 313 g/mol. The van der Waals surface area contributed by atoms with Crippen LogP contribution in [0.1, 0.15) is 11.1 Å². The lowest BCUT2D eigenvalue weighted by atomic mass is 10.2. The Labute approximate surface area is 131 Å². The van der Waals surface area contributed by atoms with E-state index in [-0.39, 0.29) is 23.5 Å². The third-order valence-corrected chi connectivity index (χ3v) is 4.11. The number of rotatable bonds is 3. The Hall–Kier alpha value is -2.40. The first-order valence-electron chi connectivity index (χ1n) is 6.68. The molecule has 1 aliphatic heterocycles. The minimum Gasteiger partial charge on any atom is -0.268 e. The molecule has 0 saturated carbocycles. The Balaban J connectivity index is 1.82. The molecule has 1 heterocycles. The van der Waals surface area contributed by atoms with E-state index in [1.54, 1.807) is 18.2 Å². The van der Waals surface area contributed by atoms with Crippen LogP contribution in [0.3, 0.4) is 0 Å². The number of hydrogen-bond acceptors (Lipinski definition) is 3. The van der Waals surface area contributed by atoms with E-state index in [4.69, 9.17) is 0 Å². The molecule has 0 spiro atoms. The van der Waals surface area contributed by atoms with Crippen LogP contribution in [0.4, 0.5) is 9.18 Å². The molecule has 0 radical (unpaired) electrons. The fourth-order valence-corrected chi connectivity index (χ4v) is 2.99. The summed E-state index contributed by atoms with van der Waals surface area (Å²) in [6.45, 7) is 0.242. The molecule has 3 nitrogen and oxygen atoms in total. The highest BCUT2D eigenvalue weighted by Gasteiger charge is 2.34. The third-order valence-electron chi connectivity index (χ3n) is 3.20. The molecule has 2 aromatic rings. The Morgan fingerprint density at radius 3 is 2.55 bits per heavy atom. The van der Waals surface area contributed by atoms with Crippen LogP contribution >= 0.6 is 11.8 Å². The van der Waals surface area contributed by atoms with Crippen LogP contribution in [-0.2, 0) is 11.3 Å². The summed E-state index contributed by atoms with van der Waals surface area (Å²) in [4.78, 5) is 25.9. The van der Waals surface area contributed by atoms with Gasteiger partial charge in [0, 0.05) is 0 Å². The van der Waals surface area contributed by atoms with Gasteiger partial charge in [0.05, 0.1) is 11.4 Å². The fourth-order valence-electron chi connectivity index (χ4n) is 2.15. The smallest absolute Gasteiger partial charge is 0.268 e. The van der Waals surface area contributed by atoms with Crippen molar-refractivity contribution < 1.29 is 14.0 Å². The zero-order valence-electron chi connectivity index (χ0n) is 11.5. The number of carbonyl (C=O) groups excluding carboxylic acids is 2. The summed E-state index contributed by atoms with van der Waals surface area (Å²) in [5.74, 6) is -0.722. The van der Waals surface area contributed by atoms with Crippen molar-refractivity contribution >= 4 is 29.0 Å². The van der Waals surface area contributed by atoms with E-state index in [9.17, 15) is 14.0 Å². The van der Waals surface area contributed by atoms with Crippen LogP contribution in [-0.4, -0.2) is 16.0 Å². The number of hydrogen-bond donors (Lipinski definition) is 0. The number of benzene rings is 2. The summed E-state index contributed by atoms with van der Waals surface area (Å²) < 4.78 is 13.2. The fraction of sp³-hybridized carbons (Fsp3) is 0.0588. The summed E-state index contributed by atoms with van der Waals surface area (Å²) in [6.07, 6.45) is 1.54. The van der Waals surface area contributed by atoms with Gasteiger partial charge >= 0.3 is 0 Å². The minimum atomic E-state index is -0.378. The van der Waals surface area contributed by atoms with Gasteiger partial charge in [-0.3, -0.25) is 14.5 Å². The van der Waals surface area contributed by atoms with E-state index >= 15 is 0 Å². The molecule has 0 unspecified atom stereocenters. The molecular formula is C17H12FNO2S. The van der Waals surface area contributed by atoms with Crippen molar-refractivity contribution in [3.8, 4) is 0 Å². The average Bonchev–Trinajstić information content (AvgIpc) is 2.76. The van der Waals surface area contributed by atoms with Gasteiger partial charge in [0.25, 0.3) is 11.1 Å². The van der Waals surface area contributed by atoms with E-state index in [1.807, 2.05) is 30.3 Å². The molecule has 22 heavy (non-hydrogen) atoms. The van der Waals surface area contributed by atoms with E-state index < -0.39 is 0 Å². The van der Waals surface area contributed by atoms with E-state index in [0.717, 1.165) is 17.3 Å². The van der Waals surface area contributed by atoms with Crippen LogP contribution in [0, 0.1) is 5.82 Å². The maximum atomic E-state index is 13.2. The predicted octanol–water partition coefficient (Wildman–Crippen LogP) is 4.06. The topological polar surface area (TPSA) is 37.4 Å². The molecule has 0 aromatic heterocycles. The van der Waals surface area contributed by atoms with Gasteiger partial charge in [0.1, 0.15) is 5.82 Å². The third kappa shape index (κ3) is 3.09. The van der Waals surface area contributed by atoms with Crippen LogP contribution in [0.2, 0.25) is 0 Å². The predicted molar refractivity (Wildman–Crippen MR) is 84.4 cm³/mol. The Morgan fingerprint density at radius 2 is 1.82 bits per heavy atom. The summed E-state index contributed by atoms with van der Waals surface area (Å²) in [6, 6.07) is 15.2. The maximum Gasteiger partial charge on any atom is 0.293 e. The van der Waals surface area contributed by atoms with Crippen LogP contribution in [0.25, 0.3) is 6.08 Å². The second kappa shape index (κ2) is 6.15. The largest absolute Gasteiger partial charge is 0.293 e. The first-order chi connectivity index (χ1) is 10.6. The standard InChI is InChI=1S/C17H12FNO2S/c18-14-8-4-7-13(9-14)10-15-16(20)19(17(21)22-15)11-12-5-2-1-3-6-12/h1-10H,11H2. The molecule has 3 rings (SSSR count). The van der Waals surface area contributed by atoms with Crippen molar-refractivity contribution in [1.82, 2.24) is 4.90 Å². The number of amides is 2. The maximum absolute atomic E-state index is 13.2. The van der Waals surface area contributed by atoms with Crippen molar-refractivity contribution in [3.05, 3.63) is 76.4 Å². The number of imide groups is 1. The molecule has 2 aromatic carbocycles. The second-order valence-electron chi connectivity index (χ2n) is 4.81. The highest BCUT2D eigenvalue weighted by Crippen LogP contribution is 2.33. The normalized spacial score (nSPS) is 16.6. The van der Waals surface area contributed by atoms with Crippen molar-refractivity contribution in [2.75, 3.05) is 0 Å². The molecule has 0 atom stereocenters. The Morgan fingerprint density at radius 1 is 1.05 bits per heavy atom. The number of carbonyl (C=O) groups is 2. The van der Waals surface area contributed by atoms with E-state index in [1.165, 1.54) is 17.0 Å². The van der Waals surface area contributed by atoms with Gasteiger partial charge in [-0.15, -0.1) is 0 Å². The van der Waals surface area contributed by atoms with Gasteiger partial charge in [0.2, 0.25) is 0 Å². The molecule has 0 aliphatic carbocycles. The van der Waals surface area contributed by atoms with Crippen molar-refractivity contribution in [3.63, 3.8) is 0 Å². The first-order valence-corrected chi connectivity index (χ1v) is 7.50. The summed E-state index contributed by atoms with van der Waals surface area (Å²) >= 11 is 0.878. The van der Waals surface area contributed by atoms with Crippen molar-refractivity contribution in [2.45, 2.75) is 6.54 Å². The highest BCUT2D eigenvalue weighted by atomic mass is 32.2. The molecule has 1 saturated heterocycles. The molecule has 1 fully saturated rings. The van der Waals surface area contributed by atoms with Gasteiger partial charge in [-0.2, -0.15) is 0 Å². The van der Waals surface area contributed by atoms with Gasteiger partial charge < -0.3 is 0 Å². The van der Waals surface area contributed by atoms with E-state index in [2.05, 4.69) is 0 Å². The molecule has 1 aliphatic rings. The van der Waals surface area contributed by atoms with Gasteiger partial charge in [-0.25, -0.2) is 4.39 Å². The van der Waals surface area contributed by atoms with Gasteiger partial charge in [-0.05, 0) is 41.1 Å². The quantitative estimate of drug-likeness (QED) is 0.802. The monoisotopic (exact) mass is 313 g/mol. The Kier molecular flexibility index (Phi) is 4.06. The molecule has 0 bridgehead atoms. The molecule has 0 N–H and O–H groups in total. The second-order valence-corrected chi connectivity index (χ2v) is 5.80. The van der Waals surface area contributed by atoms with Crippen LogP contribution in [0.5, 0.6) is 0 Å². The minimum absolute atomic E-state index is 0.242. The SMILES string of the molecule is O=C1SC(=Cc2cccc(F)c2)C(=O)N1Cc1ccccc1. The van der Waals surface area contributed by atoms with E-state index in [0.29, 0.717) is 10.5 Å². The van der Waals surface area contributed by atoms with Crippen LogP contribution in [0.15, 0.2) is 59.5 Å². The highest BCUT2D eigenvalue weighted by molar-refractivity contribution is 8.18. The first kappa shape index (κ1) is 14.5. The number of thioether (sulfide) groups is 1. The molecule has 5 heteroatoms. The van der Waals surface area contributed by atoms with Gasteiger partial charge in [0.15, 0.2) is 0 Å². The van der Waals surface area contributed by atoms with Crippen molar-refractivity contribution in [1.29, 1.82) is 0 Å². The Bertz CT molecular complexity index is 758. The van der Waals surface area contributed by atoms with Crippen molar-refractivity contribution in [2.24, 2.45) is 0 Å².